The lowest BCUT2D eigenvalue weighted by molar-refractivity contribution is 0.701. The van der Waals surface area contributed by atoms with Crippen LogP contribution in [-0.2, 0) is 13.0 Å². The Balaban J connectivity index is 2.02. The lowest BCUT2D eigenvalue weighted by atomic mass is 10.2. The molecule has 0 aromatic carbocycles. The van der Waals surface area contributed by atoms with Gasteiger partial charge in [-0.1, -0.05) is 0 Å². The molecule has 0 aliphatic heterocycles. The SMILES string of the molecule is CCNc1nc(C)cn1CCc1ccsc1. The first kappa shape index (κ1) is 11.2. The lowest BCUT2D eigenvalue weighted by Crippen LogP contribution is -2.07. The number of nitrogens with zero attached hydrogens (tertiary/aromatic N) is 2. The minimum Gasteiger partial charge on any atom is -0.356 e. The van der Waals surface area contributed by atoms with Crippen molar-refractivity contribution in [3.05, 3.63) is 34.3 Å². The fourth-order valence-corrected chi connectivity index (χ4v) is 2.40. The molecule has 0 amide bonds. The van der Waals surface area contributed by atoms with Crippen LogP contribution in [0.15, 0.2) is 23.0 Å². The number of imidazole rings is 1. The number of thiophene rings is 1. The number of hydrogen-bond acceptors (Lipinski definition) is 3. The van der Waals surface area contributed by atoms with Crippen LogP contribution in [0, 0.1) is 6.92 Å². The van der Waals surface area contributed by atoms with Crippen LogP contribution in [0.4, 0.5) is 5.95 Å². The third-order valence-electron chi connectivity index (χ3n) is 2.45. The van der Waals surface area contributed by atoms with Gasteiger partial charge in [0.25, 0.3) is 0 Å². The molecule has 4 heteroatoms. The van der Waals surface area contributed by atoms with Gasteiger partial charge in [-0.3, -0.25) is 0 Å². The van der Waals surface area contributed by atoms with Gasteiger partial charge >= 0.3 is 0 Å². The van der Waals surface area contributed by atoms with Crippen LogP contribution in [-0.4, -0.2) is 16.1 Å². The Morgan fingerprint density at radius 3 is 3.06 bits per heavy atom. The second kappa shape index (κ2) is 5.16. The molecule has 0 aliphatic carbocycles. The Morgan fingerprint density at radius 2 is 2.38 bits per heavy atom. The topological polar surface area (TPSA) is 29.9 Å². The number of aromatic nitrogens is 2. The van der Waals surface area contributed by atoms with Gasteiger partial charge in [0.2, 0.25) is 5.95 Å². The molecule has 0 spiro atoms. The third kappa shape index (κ3) is 2.64. The Bertz CT molecular complexity index is 431. The fraction of sp³-hybridized carbons (Fsp3) is 0.417. The molecule has 16 heavy (non-hydrogen) atoms. The quantitative estimate of drug-likeness (QED) is 0.863. The van der Waals surface area contributed by atoms with Crippen LogP contribution < -0.4 is 5.32 Å². The Hall–Kier alpha value is -1.29. The zero-order chi connectivity index (χ0) is 11.4. The molecular weight excluding hydrogens is 218 g/mol. The minimum absolute atomic E-state index is 0.912. The minimum atomic E-state index is 0.912. The Kier molecular flexibility index (Phi) is 3.62. The third-order valence-corrected chi connectivity index (χ3v) is 3.19. The van der Waals surface area contributed by atoms with Crippen molar-refractivity contribution in [2.75, 3.05) is 11.9 Å². The first-order valence-electron chi connectivity index (χ1n) is 5.58. The van der Waals surface area contributed by atoms with E-state index in [9.17, 15) is 0 Å². The summed E-state index contributed by atoms with van der Waals surface area (Å²) in [4.78, 5) is 4.45. The molecule has 86 valence electrons. The van der Waals surface area contributed by atoms with Crippen molar-refractivity contribution in [3.63, 3.8) is 0 Å². The van der Waals surface area contributed by atoms with Crippen molar-refractivity contribution in [3.8, 4) is 0 Å². The summed E-state index contributed by atoms with van der Waals surface area (Å²) in [5.41, 5.74) is 2.47. The predicted octanol–water partition coefficient (Wildman–Crippen LogP) is 2.93. The van der Waals surface area contributed by atoms with E-state index in [2.05, 4.69) is 44.8 Å². The highest BCUT2D eigenvalue weighted by atomic mass is 32.1. The van der Waals surface area contributed by atoms with Crippen LogP contribution in [0.25, 0.3) is 0 Å². The van der Waals surface area contributed by atoms with Gasteiger partial charge < -0.3 is 9.88 Å². The average molecular weight is 235 g/mol. The summed E-state index contributed by atoms with van der Waals surface area (Å²) < 4.78 is 2.19. The van der Waals surface area contributed by atoms with Gasteiger partial charge in [0, 0.05) is 19.3 Å². The Morgan fingerprint density at radius 1 is 1.50 bits per heavy atom. The summed E-state index contributed by atoms with van der Waals surface area (Å²) in [6, 6.07) is 2.18. The lowest BCUT2D eigenvalue weighted by Gasteiger charge is -2.07. The van der Waals surface area contributed by atoms with Crippen molar-refractivity contribution in [1.29, 1.82) is 0 Å². The van der Waals surface area contributed by atoms with E-state index >= 15 is 0 Å². The highest BCUT2D eigenvalue weighted by molar-refractivity contribution is 7.07. The van der Waals surface area contributed by atoms with Crippen LogP contribution in [0.1, 0.15) is 18.2 Å². The molecule has 2 heterocycles. The smallest absolute Gasteiger partial charge is 0.203 e. The first-order chi connectivity index (χ1) is 7.79. The summed E-state index contributed by atoms with van der Waals surface area (Å²) in [6.45, 7) is 6.02. The van der Waals surface area contributed by atoms with Gasteiger partial charge in [-0.15, -0.1) is 0 Å². The maximum absolute atomic E-state index is 4.45. The number of rotatable bonds is 5. The average Bonchev–Trinajstić information content (AvgIpc) is 2.86. The second-order valence-electron chi connectivity index (χ2n) is 3.81. The zero-order valence-electron chi connectivity index (χ0n) is 9.73. The maximum Gasteiger partial charge on any atom is 0.203 e. The van der Waals surface area contributed by atoms with Gasteiger partial charge in [-0.2, -0.15) is 11.3 Å². The number of aryl methyl sites for hydroxylation is 3. The van der Waals surface area contributed by atoms with Gasteiger partial charge in [-0.05, 0) is 42.7 Å². The maximum atomic E-state index is 4.45. The van der Waals surface area contributed by atoms with Crippen LogP contribution in [0.5, 0.6) is 0 Å². The Labute approximate surface area is 100 Å². The van der Waals surface area contributed by atoms with Crippen LogP contribution in [0.3, 0.4) is 0 Å². The van der Waals surface area contributed by atoms with Crippen molar-refractivity contribution in [2.45, 2.75) is 26.8 Å². The van der Waals surface area contributed by atoms with E-state index in [0.29, 0.717) is 0 Å². The second-order valence-corrected chi connectivity index (χ2v) is 4.59. The number of anilines is 1. The van der Waals surface area contributed by atoms with Gasteiger partial charge in [0.15, 0.2) is 0 Å². The summed E-state index contributed by atoms with van der Waals surface area (Å²) in [6.07, 6.45) is 3.17. The molecule has 0 unspecified atom stereocenters. The molecule has 2 aromatic heterocycles. The molecule has 0 atom stereocenters. The van der Waals surface area contributed by atoms with Crippen molar-refractivity contribution < 1.29 is 0 Å². The molecule has 0 fully saturated rings. The predicted molar refractivity (Wildman–Crippen MR) is 69.2 cm³/mol. The fourth-order valence-electron chi connectivity index (χ4n) is 1.70. The van der Waals surface area contributed by atoms with Crippen molar-refractivity contribution >= 4 is 17.3 Å². The molecule has 0 saturated heterocycles. The van der Waals surface area contributed by atoms with Gasteiger partial charge in [0.1, 0.15) is 0 Å². The van der Waals surface area contributed by atoms with Crippen LogP contribution in [0.2, 0.25) is 0 Å². The van der Waals surface area contributed by atoms with E-state index in [-0.39, 0.29) is 0 Å². The molecule has 0 aliphatic rings. The van der Waals surface area contributed by atoms with E-state index in [0.717, 1.165) is 31.2 Å². The van der Waals surface area contributed by atoms with E-state index < -0.39 is 0 Å². The highest BCUT2D eigenvalue weighted by Gasteiger charge is 2.04. The molecule has 3 nitrogen and oxygen atoms in total. The summed E-state index contributed by atoms with van der Waals surface area (Å²) >= 11 is 1.75. The molecular formula is C12H17N3S. The summed E-state index contributed by atoms with van der Waals surface area (Å²) in [7, 11) is 0. The van der Waals surface area contributed by atoms with Gasteiger partial charge in [-0.25, -0.2) is 4.98 Å². The normalized spacial score (nSPS) is 10.6. The standard InChI is InChI=1S/C12H17N3S/c1-3-13-12-14-10(2)8-15(12)6-4-11-5-7-16-9-11/h5,7-9H,3-4,6H2,1-2H3,(H,13,14). The van der Waals surface area contributed by atoms with Crippen molar-refractivity contribution in [1.82, 2.24) is 9.55 Å². The molecule has 0 saturated carbocycles. The zero-order valence-corrected chi connectivity index (χ0v) is 10.5. The largest absolute Gasteiger partial charge is 0.356 e. The molecule has 1 N–H and O–H groups in total. The molecule has 0 radical (unpaired) electrons. The highest BCUT2D eigenvalue weighted by Crippen LogP contribution is 2.12. The summed E-state index contributed by atoms with van der Waals surface area (Å²) in [5.74, 6) is 0.982. The van der Waals surface area contributed by atoms with E-state index in [1.54, 1.807) is 11.3 Å². The molecule has 2 aromatic rings. The van der Waals surface area contributed by atoms with E-state index in [4.69, 9.17) is 0 Å². The van der Waals surface area contributed by atoms with Gasteiger partial charge in [0.05, 0.1) is 5.69 Å². The van der Waals surface area contributed by atoms with Crippen LogP contribution >= 0.6 is 11.3 Å². The number of nitrogens with one attached hydrogen (secondary N) is 1. The monoisotopic (exact) mass is 235 g/mol. The number of hydrogen-bond donors (Lipinski definition) is 1. The first-order valence-corrected chi connectivity index (χ1v) is 6.52. The molecule has 2 rings (SSSR count). The molecule has 0 bridgehead atoms. The summed E-state index contributed by atoms with van der Waals surface area (Å²) in [5, 5.41) is 7.61. The van der Waals surface area contributed by atoms with E-state index in [1.807, 2.05) is 6.92 Å². The van der Waals surface area contributed by atoms with Crippen molar-refractivity contribution in [2.24, 2.45) is 0 Å². The van der Waals surface area contributed by atoms with E-state index in [1.165, 1.54) is 5.56 Å².